The molecule has 0 spiro atoms. The second kappa shape index (κ2) is 5.31. The minimum atomic E-state index is -0.306. The number of rotatable bonds is 4. The van der Waals surface area contributed by atoms with Gasteiger partial charge in [0.25, 0.3) is 5.91 Å². The van der Waals surface area contributed by atoms with Gasteiger partial charge in [-0.2, -0.15) is 0 Å². The predicted molar refractivity (Wildman–Crippen MR) is 61.3 cm³/mol. The molecule has 2 aromatic rings. The molecule has 88 valence electrons. The molecule has 1 N–H and O–H groups in total. The zero-order valence-corrected chi connectivity index (χ0v) is 9.46. The molecule has 0 aliphatic heterocycles. The van der Waals surface area contributed by atoms with Crippen LogP contribution in [0.5, 0.6) is 5.75 Å². The largest absolute Gasteiger partial charge is 0.484 e. The van der Waals surface area contributed by atoms with Crippen molar-refractivity contribution in [1.82, 2.24) is 14.9 Å². The van der Waals surface area contributed by atoms with Crippen LogP contribution in [0.25, 0.3) is 0 Å². The van der Waals surface area contributed by atoms with E-state index in [4.69, 9.17) is 16.3 Å². The molecule has 2 rings (SSSR count). The van der Waals surface area contributed by atoms with E-state index in [9.17, 15) is 4.79 Å². The van der Waals surface area contributed by atoms with Crippen molar-refractivity contribution in [1.29, 1.82) is 0 Å². The van der Waals surface area contributed by atoms with Crippen molar-refractivity contribution in [2.75, 3.05) is 12.0 Å². The van der Waals surface area contributed by atoms with E-state index in [1.54, 1.807) is 24.3 Å². The van der Waals surface area contributed by atoms with Crippen molar-refractivity contribution < 1.29 is 9.53 Å². The fourth-order valence-electron chi connectivity index (χ4n) is 1.11. The monoisotopic (exact) mass is 252 g/mol. The van der Waals surface area contributed by atoms with E-state index >= 15 is 0 Å². The first-order valence-electron chi connectivity index (χ1n) is 4.77. The second-order valence-corrected chi connectivity index (χ2v) is 3.58. The normalized spacial score (nSPS) is 9.94. The molecular formula is C10H9ClN4O2. The molecule has 6 nitrogen and oxygen atoms in total. The molecule has 0 aliphatic rings. The van der Waals surface area contributed by atoms with E-state index in [2.05, 4.69) is 15.6 Å². The number of nitrogens with one attached hydrogen (secondary N) is 1. The summed E-state index contributed by atoms with van der Waals surface area (Å²) in [5.41, 5.74) is 2.51. The van der Waals surface area contributed by atoms with Crippen molar-refractivity contribution in [3.05, 3.63) is 41.9 Å². The number of halogens is 1. The molecule has 0 bridgehead atoms. The lowest BCUT2D eigenvalue weighted by Crippen LogP contribution is -2.26. The van der Waals surface area contributed by atoms with Gasteiger partial charge >= 0.3 is 0 Å². The molecule has 0 radical (unpaired) electrons. The molecule has 0 saturated heterocycles. The first-order chi connectivity index (χ1) is 8.24. The third-order valence-corrected chi connectivity index (χ3v) is 2.11. The Morgan fingerprint density at radius 3 is 2.59 bits per heavy atom. The first kappa shape index (κ1) is 11.4. The highest BCUT2D eigenvalue weighted by atomic mass is 35.5. The molecule has 0 unspecified atom stereocenters. The van der Waals surface area contributed by atoms with Gasteiger partial charge in [-0.25, -0.2) is 4.68 Å². The summed E-state index contributed by atoms with van der Waals surface area (Å²) >= 11 is 5.72. The van der Waals surface area contributed by atoms with Crippen LogP contribution in [-0.2, 0) is 4.79 Å². The average Bonchev–Trinajstić information content (AvgIpc) is 2.81. The summed E-state index contributed by atoms with van der Waals surface area (Å²) < 4.78 is 6.59. The van der Waals surface area contributed by atoms with Gasteiger partial charge in [-0.05, 0) is 24.3 Å². The van der Waals surface area contributed by atoms with Gasteiger partial charge in [-0.3, -0.25) is 10.2 Å². The number of aromatic nitrogens is 3. The van der Waals surface area contributed by atoms with Gasteiger partial charge in [0.15, 0.2) is 6.61 Å². The van der Waals surface area contributed by atoms with Crippen molar-refractivity contribution in [3.63, 3.8) is 0 Å². The van der Waals surface area contributed by atoms with Crippen LogP contribution in [0, 0.1) is 0 Å². The summed E-state index contributed by atoms with van der Waals surface area (Å²) in [5.74, 6) is 0.271. The number of ether oxygens (including phenoxy) is 1. The molecule has 7 heteroatoms. The van der Waals surface area contributed by atoms with E-state index in [0.717, 1.165) is 0 Å². The zero-order chi connectivity index (χ0) is 12.1. The third kappa shape index (κ3) is 3.46. The number of nitrogens with zero attached hydrogens (tertiary/aromatic N) is 3. The van der Waals surface area contributed by atoms with E-state index < -0.39 is 0 Å². The van der Waals surface area contributed by atoms with Crippen LogP contribution in [0.15, 0.2) is 36.9 Å². The van der Waals surface area contributed by atoms with Crippen LogP contribution in [0.2, 0.25) is 5.02 Å². The SMILES string of the molecule is O=C(COc1ccc(Cl)cc1)Nn1cnnc1. The highest BCUT2D eigenvalue weighted by Gasteiger charge is 2.03. The molecule has 1 amide bonds. The topological polar surface area (TPSA) is 69.0 Å². The molecule has 1 aromatic carbocycles. The molecule has 1 aromatic heterocycles. The minimum absolute atomic E-state index is 0.0974. The summed E-state index contributed by atoms with van der Waals surface area (Å²) in [6.07, 6.45) is 2.75. The number of amides is 1. The second-order valence-electron chi connectivity index (χ2n) is 3.15. The van der Waals surface area contributed by atoms with Gasteiger partial charge < -0.3 is 4.74 Å². The molecule has 0 fully saturated rings. The lowest BCUT2D eigenvalue weighted by atomic mass is 10.3. The summed E-state index contributed by atoms with van der Waals surface area (Å²) in [6.45, 7) is -0.0974. The smallest absolute Gasteiger partial charge is 0.276 e. The highest BCUT2D eigenvalue weighted by Crippen LogP contribution is 2.15. The lowest BCUT2D eigenvalue weighted by molar-refractivity contribution is -0.119. The standard InChI is InChI=1S/C10H9ClN4O2/c11-8-1-3-9(4-2-8)17-5-10(16)14-15-6-12-13-7-15/h1-4,6-7H,5H2,(H,14,16). The Balaban J connectivity index is 1.82. The van der Waals surface area contributed by atoms with Crippen molar-refractivity contribution in [3.8, 4) is 5.75 Å². The summed E-state index contributed by atoms with van der Waals surface area (Å²) in [4.78, 5) is 11.4. The quantitative estimate of drug-likeness (QED) is 0.884. The highest BCUT2D eigenvalue weighted by molar-refractivity contribution is 6.30. The Hall–Kier alpha value is -2.08. The van der Waals surface area contributed by atoms with E-state index in [0.29, 0.717) is 10.8 Å². The van der Waals surface area contributed by atoms with Crippen LogP contribution in [0.3, 0.4) is 0 Å². The molecule has 0 saturated carbocycles. The number of carbonyl (C=O) groups excluding carboxylic acids is 1. The molecular weight excluding hydrogens is 244 g/mol. The fourth-order valence-corrected chi connectivity index (χ4v) is 1.24. The van der Waals surface area contributed by atoms with Gasteiger partial charge in [0.2, 0.25) is 0 Å². The number of hydrogen-bond donors (Lipinski definition) is 1. The number of hydrogen-bond acceptors (Lipinski definition) is 4. The van der Waals surface area contributed by atoms with Crippen LogP contribution >= 0.6 is 11.6 Å². The maximum Gasteiger partial charge on any atom is 0.276 e. The Kier molecular flexibility index (Phi) is 3.56. The molecule has 0 atom stereocenters. The van der Waals surface area contributed by atoms with Gasteiger partial charge in [-0.15, -0.1) is 10.2 Å². The van der Waals surface area contributed by atoms with Gasteiger partial charge in [0.1, 0.15) is 18.4 Å². The molecule has 1 heterocycles. The van der Waals surface area contributed by atoms with Crippen LogP contribution in [-0.4, -0.2) is 27.4 Å². The van der Waals surface area contributed by atoms with E-state index in [-0.39, 0.29) is 12.5 Å². The summed E-state index contributed by atoms with van der Waals surface area (Å²) in [5, 5.41) is 7.71. The maximum absolute atomic E-state index is 11.4. The van der Waals surface area contributed by atoms with Crippen molar-refractivity contribution >= 4 is 17.5 Å². The summed E-state index contributed by atoms with van der Waals surface area (Å²) in [6, 6.07) is 6.76. The lowest BCUT2D eigenvalue weighted by Gasteiger charge is -2.06. The summed E-state index contributed by atoms with van der Waals surface area (Å²) in [7, 11) is 0. The minimum Gasteiger partial charge on any atom is -0.484 e. The Bertz CT molecular complexity index is 484. The van der Waals surface area contributed by atoms with Crippen LogP contribution in [0.4, 0.5) is 0 Å². The Morgan fingerprint density at radius 1 is 1.29 bits per heavy atom. The van der Waals surface area contributed by atoms with E-state index in [1.807, 2.05) is 0 Å². The van der Waals surface area contributed by atoms with Gasteiger partial charge in [0.05, 0.1) is 0 Å². The number of carbonyl (C=O) groups is 1. The van der Waals surface area contributed by atoms with Gasteiger partial charge in [-0.1, -0.05) is 11.6 Å². The first-order valence-corrected chi connectivity index (χ1v) is 5.15. The Morgan fingerprint density at radius 2 is 1.94 bits per heavy atom. The van der Waals surface area contributed by atoms with Crippen LogP contribution < -0.4 is 10.2 Å². The third-order valence-electron chi connectivity index (χ3n) is 1.86. The predicted octanol–water partition coefficient (Wildman–Crippen LogP) is 1.08. The number of benzene rings is 1. The zero-order valence-electron chi connectivity index (χ0n) is 8.71. The van der Waals surface area contributed by atoms with Gasteiger partial charge in [0, 0.05) is 5.02 Å². The van der Waals surface area contributed by atoms with Crippen LogP contribution in [0.1, 0.15) is 0 Å². The maximum atomic E-state index is 11.4. The van der Waals surface area contributed by atoms with Crippen molar-refractivity contribution in [2.24, 2.45) is 0 Å². The van der Waals surface area contributed by atoms with E-state index in [1.165, 1.54) is 17.3 Å². The molecule has 17 heavy (non-hydrogen) atoms. The Labute approximate surface area is 102 Å². The van der Waals surface area contributed by atoms with Crippen molar-refractivity contribution in [2.45, 2.75) is 0 Å². The average molecular weight is 253 g/mol. The molecule has 0 aliphatic carbocycles. The fraction of sp³-hybridized carbons (Fsp3) is 0.100.